The van der Waals surface area contributed by atoms with Crippen molar-refractivity contribution in [1.82, 2.24) is 10.6 Å². The largest absolute Gasteiger partial charge is 0.497 e. The maximum Gasteiger partial charge on any atom is 0.255 e. The van der Waals surface area contributed by atoms with Gasteiger partial charge in [-0.25, -0.2) is 0 Å². The normalized spacial score (nSPS) is 26.0. The fourth-order valence-electron chi connectivity index (χ4n) is 3.42. The molecule has 5 nitrogen and oxygen atoms in total. The van der Waals surface area contributed by atoms with Gasteiger partial charge < -0.3 is 20.1 Å². The predicted molar refractivity (Wildman–Crippen MR) is 87.2 cm³/mol. The fourth-order valence-corrected chi connectivity index (χ4v) is 3.42. The zero-order chi connectivity index (χ0) is 14.8. The summed E-state index contributed by atoms with van der Waals surface area (Å²) in [6.07, 6.45) is 4.48. The Balaban J connectivity index is 0.00000176. The van der Waals surface area contributed by atoms with E-state index in [2.05, 4.69) is 10.6 Å². The number of ether oxygens (including phenoxy) is 2. The van der Waals surface area contributed by atoms with Crippen molar-refractivity contribution in [1.29, 1.82) is 0 Å². The van der Waals surface area contributed by atoms with E-state index >= 15 is 0 Å². The molecule has 2 unspecified atom stereocenters. The van der Waals surface area contributed by atoms with Gasteiger partial charge in [-0.2, -0.15) is 0 Å². The molecule has 2 heterocycles. The van der Waals surface area contributed by atoms with Gasteiger partial charge in [0.2, 0.25) is 0 Å². The van der Waals surface area contributed by atoms with Crippen LogP contribution in [0.5, 0.6) is 11.5 Å². The Morgan fingerprint density at radius 2 is 1.86 bits per heavy atom. The molecule has 0 aromatic heterocycles. The number of hydrogen-bond acceptors (Lipinski definition) is 4. The summed E-state index contributed by atoms with van der Waals surface area (Å²) in [6.45, 7) is 0. The molecule has 1 aromatic rings. The Bertz CT molecular complexity index is 526. The van der Waals surface area contributed by atoms with E-state index in [9.17, 15) is 4.79 Å². The summed E-state index contributed by atoms with van der Waals surface area (Å²) < 4.78 is 10.5. The van der Waals surface area contributed by atoms with Gasteiger partial charge in [-0.1, -0.05) is 0 Å². The van der Waals surface area contributed by atoms with Gasteiger partial charge in [0.05, 0.1) is 19.8 Å². The molecule has 0 radical (unpaired) electrons. The lowest BCUT2D eigenvalue weighted by Crippen LogP contribution is -2.48. The van der Waals surface area contributed by atoms with Gasteiger partial charge in [0.25, 0.3) is 5.91 Å². The molecule has 2 atom stereocenters. The number of benzene rings is 1. The minimum absolute atomic E-state index is 0. The summed E-state index contributed by atoms with van der Waals surface area (Å²) >= 11 is 0. The monoisotopic (exact) mass is 326 g/mol. The van der Waals surface area contributed by atoms with Crippen molar-refractivity contribution < 1.29 is 14.3 Å². The van der Waals surface area contributed by atoms with E-state index in [4.69, 9.17) is 9.47 Å². The summed E-state index contributed by atoms with van der Waals surface area (Å²) in [5, 5.41) is 6.73. The molecule has 2 bridgehead atoms. The number of halogens is 1. The Kier molecular flexibility index (Phi) is 5.53. The van der Waals surface area contributed by atoms with Crippen LogP contribution in [0.2, 0.25) is 0 Å². The quantitative estimate of drug-likeness (QED) is 0.890. The highest BCUT2D eigenvalue weighted by atomic mass is 35.5. The highest BCUT2D eigenvalue weighted by molar-refractivity contribution is 5.97. The van der Waals surface area contributed by atoms with Crippen molar-refractivity contribution in [3.8, 4) is 11.5 Å². The third-order valence-corrected chi connectivity index (χ3v) is 4.46. The van der Waals surface area contributed by atoms with E-state index in [-0.39, 0.29) is 24.4 Å². The van der Waals surface area contributed by atoms with Gasteiger partial charge in [-0.05, 0) is 37.8 Å². The van der Waals surface area contributed by atoms with Crippen molar-refractivity contribution >= 4 is 18.3 Å². The van der Waals surface area contributed by atoms with Crippen molar-refractivity contribution in [3.63, 3.8) is 0 Å². The number of fused-ring (bicyclic) bond motifs is 2. The van der Waals surface area contributed by atoms with Crippen LogP contribution in [0, 0.1) is 0 Å². The third kappa shape index (κ3) is 3.47. The summed E-state index contributed by atoms with van der Waals surface area (Å²) in [6, 6.07) is 6.65. The molecule has 2 fully saturated rings. The number of methoxy groups -OCH3 is 2. The van der Waals surface area contributed by atoms with Crippen LogP contribution in [-0.2, 0) is 0 Å². The van der Waals surface area contributed by atoms with Gasteiger partial charge in [0, 0.05) is 24.2 Å². The molecule has 2 saturated heterocycles. The molecule has 6 heteroatoms. The molecule has 3 rings (SSSR count). The van der Waals surface area contributed by atoms with E-state index < -0.39 is 0 Å². The predicted octanol–water partition coefficient (Wildman–Crippen LogP) is 2.14. The van der Waals surface area contributed by atoms with E-state index in [1.807, 2.05) is 0 Å². The zero-order valence-electron chi connectivity index (χ0n) is 12.9. The second kappa shape index (κ2) is 7.20. The summed E-state index contributed by atoms with van der Waals surface area (Å²) in [4.78, 5) is 12.5. The molecule has 2 N–H and O–H groups in total. The Morgan fingerprint density at radius 3 is 2.45 bits per heavy atom. The lowest BCUT2D eigenvalue weighted by Gasteiger charge is -2.29. The Morgan fingerprint density at radius 1 is 1.18 bits per heavy atom. The van der Waals surface area contributed by atoms with Crippen molar-refractivity contribution in [2.24, 2.45) is 0 Å². The highest BCUT2D eigenvalue weighted by Gasteiger charge is 2.34. The van der Waals surface area contributed by atoms with E-state index in [1.54, 1.807) is 32.4 Å². The SMILES string of the molecule is COc1ccc(C(=O)NC2CC3CCC(C2)N3)c(OC)c1.Cl. The summed E-state index contributed by atoms with van der Waals surface area (Å²) in [5.41, 5.74) is 0.559. The third-order valence-electron chi connectivity index (χ3n) is 4.46. The number of amides is 1. The van der Waals surface area contributed by atoms with E-state index in [0.717, 1.165) is 12.8 Å². The van der Waals surface area contributed by atoms with Gasteiger partial charge in [0.1, 0.15) is 11.5 Å². The zero-order valence-corrected chi connectivity index (χ0v) is 13.7. The minimum atomic E-state index is -0.0687. The first-order valence-corrected chi connectivity index (χ1v) is 7.48. The van der Waals surface area contributed by atoms with Gasteiger partial charge in [0.15, 0.2) is 0 Å². The smallest absolute Gasteiger partial charge is 0.255 e. The molecular formula is C16H23ClN2O3. The summed E-state index contributed by atoms with van der Waals surface area (Å²) in [7, 11) is 3.16. The fraction of sp³-hybridized carbons (Fsp3) is 0.562. The van der Waals surface area contributed by atoms with Crippen molar-refractivity contribution in [2.75, 3.05) is 14.2 Å². The first-order chi connectivity index (χ1) is 10.2. The second-order valence-electron chi connectivity index (χ2n) is 5.85. The van der Waals surface area contributed by atoms with Crippen LogP contribution in [0.15, 0.2) is 18.2 Å². The van der Waals surface area contributed by atoms with Crippen LogP contribution >= 0.6 is 12.4 Å². The molecule has 0 aliphatic carbocycles. The average molecular weight is 327 g/mol. The van der Waals surface area contributed by atoms with Gasteiger partial charge >= 0.3 is 0 Å². The lowest BCUT2D eigenvalue weighted by atomic mass is 9.99. The lowest BCUT2D eigenvalue weighted by molar-refractivity contribution is 0.0921. The van der Waals surface area contributed by atoms with Gasteiger partial charge in [-0.3, -0.25) is 4.79 Å². The second-order valence-corrected chi connectivity index (χ2v) is 5.85. The van der Waals surface area contributed by atoms with Crippen molar-refractivity contribution in [2.45, 2.75) is 43.8 Å². The topological polar surface area (TPSA) is 59.6 Å². The summed E-state index contributed by atoms with van der Waals surface area (Å²) in [5.74, 6) is 1.16. The van der Waals surface area contributed by atoms with Crippen LogP contribution in [-0.4, -0.2) is 38.3 Å². The number of hydrogen-bond donors (Lipinski definition) is 2. The number of carbonyl (C=O) groups is 1. The molecule has 122 valence electrons. The maximum absolute atomic E-state index is 12.5. The van der Waals surface area contributed by atoms with E-state index in [0.29, 0.717) is 29.1 Å². The Labute approximate surface area is 137 Å². The molecule has 1 aromatic carbocycles. The van der Waals surface area contributed by atoms with Gasteiger partial charge in [-0.15, -0.1) is 12.4 Å². The number of carbonyl (C=O) groups excluding carboxylic acids is 1. The molecule has 2 aliphatic heterocycles. The van der Waals surface area contributed by atoms with Crippen molar-refractivity contribution in [3.05, 3.63) is 23.8 Å². The molecule has 22 heavy (non-hydrogen) atoms. The number of piperidine rings is 1. The van der Waals surface area contributed by atoms with E-state index in [1.165, 1.54) is 12.8 Å². The maximum atomic E-state index is 12.5. The minimum Gasteiger partial charge on any atom is -0.497 e. The van der Waals surface area contributed by atoms with Crippen LogP contribution < -0.4 is 20.1 Å². The molecule has 0 spiro atoms. The standard InChI is InChI=1S/C16H22N2O3.ClH/c1-20-13-5-6-14(15(9-13)21-2)16(19)18-12-7-10-3-4-11(8-12)17-10;/h5-6,9-12,17H,3-4,7-8H2,1-2H3,(H,18,19);1H. The molecule has 2 aliphatic rings. The first-order valence-electron chi connectivity index (χ1n) is 7.48. The average Bonchev–Trinajstić information content (AvgIpc) is 2.85. The number of nitrogens with one attached hydrogen (secondary N) is 2. The Hall–Kier alpha value is -1.46. The van der Waals surface area contributed by atoms with Crippen LogP contribution in [0.25, 0.3) is 0 Å². The number of rotatable bonds is 4. The first kappa shape index (κ1) is 16.9. The molecular weight excluding hydrogens is 304 g/mol. The highest BCUT2D eigenvalue weighted by Crippen LogP contribution is 2.28. The van der Waals surface area contributed by atoms with Crippen LogP contribution in [0.4, 0.5) is 0 Å². The van der Waals surface area contributed by atoms with Crippen LogP contribution in [0.1, 0.15) is 36.0 Å². The molecule has 0 saturated carbocycles. The molecule has 1 amide bonds. The van der Waals surface area contributed by atoms with Crippen LogP contribution in [0.3, 0.4) is 0 Å².